The second kappa shape index (κ2) is 6.50. The lowest BCUT2D eigenvalue weighted by Gasteiger charge is -2.20. The van der Waals surface area contributed by atoms with Crippen LogP contribution in [0.4, 0.5) is 0 Å². The molecule has 2 N–H and O–H groups in total. The Hall–Kier alpha value is -1.52. The van der Waals surface area contributed by atoms with E-state index in [1.54, 1.807) is 20.8 Å². The third-order valence-electron chi connectivity index (χ3n) is 2.09. The highest BCUT2D eigenvalue weighted by Crippen LogP contribution is 2.20. The molecule has 0 saturated heterocycles. The normalized spacial score (nSPS) is 12.0. The molecular formula is C11H17N3O5S2. The van der Waals surface area contributed by atoms with Gasteiger partial charge in [-0.15, -0.1) is 11.3 Å². The zero-order valence-corrected chi connectivity index (χ0v) is 13.7. The third kappa shape index (κ3) is 5.06. The molecule has 0 aliphatic carbocycles. The van der Waals surface area contributed by atoms with Gasteiger partial charge >= 0.3 is 5.97 Å². The molecule has 0 aliphatic heterocycles. The molecule has 0 radical (unpaired) electrons. The Morgan fingerprint density at radius 3 is 2.52 bits per heavy atom. The molecule has 1 heterocycles. The molecule has 21 heavy (non-hydrogen) atoms. The monoisotopic (exact) mass is 335 g/mol. The van der Waals surface area contributed by atoms with Crippen molar-refractivity contribution in [1.29, 1.82) is 0 Å². The number of hydrogen-bond acceptors (Lipinski definition) is 7. The SMILES string of the molecule is COC(=O)c1ncsc1S(=O)(=O)NCC(=O)NC(C)(C)C. The topological polar surface area (TPSA) is 114 Å². The summed E-state index contributed by atoms with van der Waals surface area (Å²) in [6, 6.07) is 0. The minimum atomic E-state index is -4.01. The molecule has 0 spiro atoms. The number of hydrogen-bond donors (Lipinski definition) is 2. The average molecular weight is 335 g/mol. The summed E-state index contributed by atoms with van der Waals surface area (Å²) in [4.78, 5) is 26.7. The zero-order chi connectivity index (χ0) is 16.3. The van der Waals surface area contributed by atoms with Crippen LogP contribution in [0.1, 0.15) is 31.3 Å². The molecule has 1 rings (SSSR count). The first kappa shape index (κ1) is 17.5. The molecule has 0 unspecified atom stereocenters. The van der Waals surface area contributed by atoms with Crippen LogP contribution in [0.3, 0.4) is 0 Å². The van der Waals surface area contributed by atoms with E-state index in [-0.39, 0.29) is 9.90 Å². The maximum atomic E-state index is 12.1. The number of carbonyl (C=O) groups is 2. The maximum Gasteiger partial charge on any atom is 0.358 e. The number of aromatic nitrogens is 1. The zero-order valence-electron chi connectivity index (χ0n) is 12.1. The van der Waals surface area contributed by atoms with E-state index in [2.05, 4.69) is 19.8 Å². The van der Waals surface area contributed by atoms with Crippen LogP contribution in [-0.2, 0) is 19.6 Å². The van der Waals surface area contributed by atoms with Crippen molar-refractivity contribution in [3.63, 3.8) is 0 Å². The molecular weight excluding hydrogens is 318 g/mol. The van der Waals surface area contributed by atoms with Crippen molar-refractivity contribution in [3.8, 4) is 0 Å². The molecule has 0 aliphatic rings. The van der Waals surface area contributed by atoms with Crippen molar-refractivity contribution in [2.45, 2.75) is 30.5 Å². The van der Waals surface area contributed by atoms with E-state index in [1.165, 1.54) is 5.51 Å². The Morgan fingerprint density at radius 2 is 2.00 bits per heavy atom. The molecule has 0 bridgehead atoms. The highest BCUT2D eigenvalue weighted by molar-refractivity contribution is 7.91. The first-order chi connectivity index (χ1) is 9.57. The summed E-state index contributed by atoms with van der Waals surface area (Å²) in [7, 11) is -2.88. The van der Waals surface area contributed by atoms with Crippen molar-refractivity contribution in [3.05, 3.63) is 11.2 Å². The van der Waals surface area contributed by atoms with Crippen molar-refractivity contribution in [2.24, 2.45) is 0 Å². The van der Waals surface area contributed by atoms with Crippen LogP contribution in [0.2, 0.25) is 0 Å². The molecule has 1 aromatic rings. The summed E-state index contributed by atoms with van der Waals surface area (Å²) in [6.45, 7) is 4.89. The van der Waals surface area contributed by atoms with Gasteiger partial charge in [0.05, 0.1) is 19.2 Å². The molecule has 0 fully saturated rings. The fraction of sp³-hybridized carbons (Fsp3) is 0.545. The van der Waals surface area contributed by atoms with E-state index >= 15 is 0 Å². The van der Waals surface area contributed by atoms with E-state index in [1.807, 2.05) is 0 Å². The van der Waals surface area contributed by atoms with Crippen LogP contribution in [0.25, 0.3) is 0 Å². The Bertz CT molecular complexity index is 631. The second-order valence-corrected chi connectivity index (χ2v) is 7.92. The molecule has 0 aromatic carbocycles. The van der Waals surface area contributed by atoms with Crippen LogP contribution in [0.5, 0.6) is 0 Å². The fourth-order valence-corrected chi connectivity index (χ4v) is 3.50. The van der Waals surface area contributed by atoms with Crippen LogP contribution in [0.15, 0.2) is 9.72 Å². The van der Waals surface area contributed by atoms with Gasteiger partial charge < -0.3 is 10.1 Å². The van der Waals surface area contributed by atoms with E-state index < -0.39 is 34.0 Å². The standard InChI is InChI=1S/C11H17N3O5S2/c1-11(2,3)14-7(15)5-13-21(17,18)10-8(9(16)19-4)12-6-20-10/h6,13H,5H2,1-4H3,(H,14,15). The minimum Gasteiger partial charge on any atom is -0.464 e. The molecule has 1 amide bonds. The predicted octanol–water partition coefficient (Wildman–Crippen LogP) is 0.123. The maximum absolute atomic E-state index is 12.1. The van der Waals surface area contributed by atoms with E-state index in [9.17, 15) is 18.0 Å². The largest absolute Gasteiger partial charge is 0.464 e. The van der Waals surface area contributed by atoms with Gasteiger partial charge in [0.15, 0.2) is 9.90 Å². The van der Waals surface area contributed by atoms with Gasteiger partial charge in [-0.3, -0.25) is 4.79 Å². The van der Waals surface area contributed by atoms with E-state index in [4.69, 9.17) is 0 Å². The lowest BCUT2D eigenvalue weighted by Crippen LogP contribution is -2.45. The van der Waals surface area contributed by atoms with Gasteiger partial charge in [-0.05, 0) is 20.8 Å². The number of thiazole rings is 1. The second-order valence-electron chi connectivity index (χ2n) is 5.10. The average Bonchev–Trinajstić information content (AvgIpc) is 2.83. The van der Waals surface area contributed by atoms with Gasteiger partial charge in [0, 0.05) is 5.54 Å². The molecule has 8 nitrogen and oxygen atoms in total. The number of ether oxygens (including phenoxy) is 1. The number of sulfonamides is 1. The van der Waals surface area contributed by atoms with Gasteiger partial charge in [0.25, 0.3) is 10.0 Å². The van der Waals surface area contributed by atoms with Crippen molar-refractivity contribution >= 4 is 33.2 Å². The number of methoxy groups -OCH3 is 1. The van der Waals surface area contributed by atoms with Gasteiger partial charge in [-0.1, -0.05) is 0 Å². The van der Waals surface area contributed by atoms with Gasteiger partial charge in [0.2, 0.25) is 5.91 Å². The summed E-state index contributed by atoms with van der Waals surface area (Å²) in [5.41, 5.74) is 0.450. The van der Waals surface area contributed by atoms with Crippen LogP contribution < -0.4 is 10.0 Å². The molecule has 1 aromatic heterocycles. The Kier molecular flexibility index (Phi) is 5.42. The lowest BCUT2D eigenvalue weighted by atomic mass is 10.1. The molecule has 10 heteroatoms. The van der Waals surface area contributed by atoms with Gasteiger partial charge in [-0.2, -0.15) is 0 Å². The smallest absolute Gasteiger partial charge is 0.358 e. The Labute approximate surface area is 127 Å². The van der Waals surface area contributed by atoms with Crippen molar-refractivity contribution in [1.82, 2.24) is 15.0 Å². The highest BCUT2D eigenvalue weighted by atomic mass is 32.2. The van der Waals surface area contributed by atoms with Crippen LogP contribution >= 0.6 is 11.3 Å². The number of rotatable bonds is 5. The van der Waals surface area contributed by atoms with Crippen molar-refractivity contribution in [2.75, 3.05) is 13.7 Å². The number of carbonyl (C=O) groups excluding carboxylic acids is 2. The van der Waals surface area contributed by atoms with Crippen LogP contribution in [-0.4, -0.2) is 44.5 Å². The number of nitrogens with one attached hydrogen (secondary N) is 2. The quantitative estimate of drug-likeness (QED) is 0.739. The number of nitrogens with zero attached hydrogens (tertiary/aromatic N) is 1. The molecule has 0 atom stereocenters. The minimum absolute atomic E-state index is 0.280. The number of amides is 1. The highest BCUT2D eigenvalue weighted by Gasteiger charge is 2.27. The summed E-state index contributed by atoms with van der Waals surface area (Å²) in [6.07, 6.45) is 0. The van der Waals surface area contributed by atoms with E-state index in [0.29, 0.717) is 0 Å². The fourth-order valence-electron chi connectivity index (χ4n) is 1.35. The summed E-state index contributed by atoms with van der Waals surface area (Å²) < 4.78 is 30.5. The van der Waals surface area contributed by atoms with Crippen molar-refractivity contribution < 1.29 is 22.7 Å². The number of esters is 1. The first-order valence-corrected chi connectivity index (χ1v) is 8.25. The summed E-state index contributed by atoms with van der Waals surface area (Å²) in [5, 5.41) is 2.62. The predicted molar refractivity (Wildman–Crippen MR) is 76.5 cm³/mol. The van der Waals surface area contributed by atoms with Crippen LogP contribution in [0, 0.1) is 0 Å². The summed E-state index contributed by atoms with van der Waals surface area (Å²) >= 11 is 0.771. The van der Waals surface area contributed by atoms with E-state index in [0.717, 1.165) is 18.4 Å². The Morgan fingerprint density at radius 1 is 1.38 bits per heavy atom. The first-order valence-electron chi connectivity index (χ1n) is 5.89. The van der Waals surface area contributed by atoms with Gasteiger partial charge in [-0.25, -0.2) is 22.9 Å². The third-order valence-corrected chi connectivity index (χ3v) is 4.87. The summed E-state index contributed by atoms with van der Waals surface area (Å²) in [5.74, 6) is -1.33. The Balaban J connectivity index is 2.82. The molecule has 0 saturated carbocycles. The lowest BCUT2D eigenvalue weighted by molar-refractivity contribution is -0.121. The molecule has 118 valence electrons. The van der Waals surface area contributed by atoms with Gasteiger partial charge in [0.1, 0.15) is 0 Å².